The summed E-state index contributed by atoms with van der Waals surface area (Å²) in [5.41, 5.74) is 4.64. The molecule has 0 saturated carbocycles. The molecule has 264 valence electrons. The number of nitrogens with one attached hydrogen (secondary N) is 2. The molecular formula is C38H41N7O6. The Kier molecular flexibility index (Phi) is 9.97. The Balaban J connectivity index is 0.894. The number of hydrogen-bond acceptors (Lipinski definition) is 9. The van der Waals surface area contributed by atoms with Gasteiger partial charge in [0.05, 0.1) is 56.1 Å². The number of methoxy groups -OCH3 is 1. The van der Waals surface area contributed by atoms with E-state index in [1.54, 1.807) is 22.9 Å². The zero-order valence-electron chi connectivity index (χ0n) is 28.8. The van der Waals surface area contributed by atoms with Crippen LogP contribution in [0.5, 0.6) is 11.5 Å². The summed E-state index contributed by atoms with van der Waals surface area (Å²) in [6, 6.07) is 16.5. The zero-order chi connectivity index (χ0) is 35.3. The molecule has 0 bridgehead atoms. The molecule has 0 unspecified atom stereocenters. The van der Waals surface area contributed by atoms with Crippen LogP contribution in [0.4, 0.5) is 22.9 Å². The number of nitrogens with zero attached hydrogens (tertiary/aromatic N) is 5. The fourth-order valence-corrected chi connectivity index (χ4v) is 6.59. The van der Waals surface area contributed by atoms with E-state index in [2.05, 4.69) is 25.5 Å². The lowest BCUT2D eigenvalue weighted by molar-refractivity contribution is -0.116. The Morgan fingerprint density at radius 1 is 0.961 bits per heavy atom. The molecular weight excluding hydrogens is 650 g/mol. The van der Waals surface area contributed by atoms with Gasteiger partial charge in [-0.25, -0.2) is 4.98 Å². The van der Waals surface area contributed by atoms with Gasteiger partial charge in [0, 0.05) is 62.8 Å². The van der Waals surface area contributed by atoms with E-state index in [1.165, 1.54) is 7.11 Å². The summed E-state index contributed by atoms with van der Waals surface area (Å²) >= 11 is 0. The van der Waals surface area contributed by atoms with Gasteiger partial charge >= 0.3 is 0 Å². The number of hydrogen-bond donors (Lipinski definition) is 2. The molecule has 7 rings (SSSR count). The number of aliphatic imine (C=N–C) groups is 1. The molecule has 4 aromatic rings. The molecule has 0 spiro atoms. The van der Waals surface area contributed by atoms with Gasteiger partial charge < -0.3 is 39.2 Å². The van der Waals surface area contributed by atoms with Crippen molar-refractivity contribution in [3.63, 3.8) is 0 Å². The van der Waals surface area contributed by atoms with Gasteiger partial charge in [-0.2, -0.15) is 0 Å². The van der Waals surface area contributed by atoms with Gasteiger partial charge in [0.1, 0.15) is 11.5 Å². The first-order valence-corrected chi connectivity index (χ1v) is 17.2. The lowest BCUT2D eigenvalue weighted by Crippen LogP contribution is -2.36. The Labute approximate surface area is 296 Å². The van der Waals surface area contributed by atoms with E-state index in [-0.39, 0.29) is 36.8 Å². The topological polar surface area (TPSA) is 140 Å². The summed E-state index contributed by atoms with van der Waals surface area (Å²) in [6.07, 6.45) is 8.02. The van der Waals surface area contributed by atoms with E-state index in [0.29, 0.717) is 59.5 Å². The van der Waals surface area contributed by atoms with Gasteiger partial charge in [0.2, 0.25) is 5.91 Å². The molecule has 1 atom stereocenters. The second-order valence-electron chi connectivity index (χ2n) is 12.8. The van der Waals surface area contributed by atoms with Crippen molar-refractivity contribution in [2.45, 2.75) is 31.7 Å². The van der Waals surface area contributed by atoms with Crippen molar-refractivity contribution in [2.75, 3.05) is 62.1 Å². The maximum atomic E-state index is 13.1. The van der Waals surface area contributed by atoms with Crippen LogP contribution in [-0.2, 0) is 16.6 Å². The van der Waals surface area contributed by atoms with E-state index in [4.69, 9.17) is 14.2 Å². The number of carbonyl (C=O) groups is 3. The van der Waals surface area contributed by atoms with Crippen LogP contribution in [0.3, 0.4) is 0 Å². The predicted octanol–water partition coefficient (Wildman–Crippen LogP) is 5.30. The van der Waals surface area contributed by atoms with Crippen molar-refractivity contribution >= 4 is 46.8 Å². The lowest BCUT2D eigenvalue weighted by atomic mass is 10.1. The molecule has 2 saturated heterocycles. The standard InChI is InChI=1S/C38H41N7O6/c1-43-24-26(19-32(43)37(47)42-28-11-12-35(40-22-28)44-14-17-50-18-15-44)25-7-9-27(10-8-25)41-36(46)6-4-16-51-34-21-31-30(20-33(34)49-2)38(48)45-13-3-5-29(45)23-39-31/h7-12,19-24,29H,3-6,13-18H2,1-2H3,(H,41,46)(H,42,47)/t29-/m0/s1. The fraction of sp³-hybridized carbons (Fsp3) is 0.342. The largest absolute Gasteiger partial charge is 0.493 e. The van der Waals surface area contributed by atoms with Crippen molar-refractivity contribution in [1.29, 1.82) is 0 Å². The van der Waals surface area contributed by atoms with Crippen molar-refractivity contribution in [2.24, 2.45) is 12.0 Å². The Morgan fingerprint density at radius 2 is 1.76 bits per heavy atom. The summed E-state index contributed by atoms with van der Waals surface area (Å²) in [7, 11) is 3.37. The summed E-state index contributed by atoms with van der Waals surface area (Å²) < 4.78 is 18.7. The lowest BCUT2D eigenvalue weighted by Gasteiger charge is -2.27. The number of pyridine rings is 1. The van der Waals surface area contributed by atoms with E-state index in [0.717, 1.165) is 49.4 Å². The van der Waals surface area contributed by atoms with Crippen molar-refractivity contribution in [1.82, 2.24) is 14.5 Å². The third-order valence-electron chi connectivity index (χ3n) is 9.34. The average molecular weight is 692 g/mol. The van der Waals surface area contributed by atoms with Crippen molar-refractivity contribution in [3.8, 4) is 22.6 Å². The van der Waals surface area contributed by atoms with Crippen molar-refractivity contribution in [3.05, 3.63) is 78.2 Å². The SMILES string of the molecule is COc1cc2c(cc1OCCCC(=O)Nc1ccc(-c3cc(C(=O)Nc4ccc(N5CCOCC5)nc4)n(C)c3)cc1)N=C[C@@H]1CCCN1C2=O. The molecule has 2 N–H and O–H groups in total. The molecule has 2 aromatic carbocycles. The van der Waals surface area contributed by atoms with Crippen LogP contribution >= 0.6 is 0 Å². The molecule has 13 nitrogen and oxygen atoms in total. The van der Waals surface area contributed by atoms with Crippen LogP contribution in [0.1, 0.15) is 46.5 Å². The zero-order valence-corrected chi connectivity index (χ0v) is 28.8. The summed E-state index contributed by atoms with van der Waals surface area (Å²) in [5, 5.41) is 5.87. The Hall–Kier alpha value is -5.69. The second kappa shape index (κ2) is 15.1. The molecule has 51 heavy (non-hydrogen) atoms. The van der Waals surface area contributed by atoms with Crippen LogP contribution < -0.4 is 25.0 Å². The number of anilines is 3. The Morgan fingerprint density at radius 3 is 2.53 bits per heavy atom. The monoisotopic (exact) mass is 691 g/mol. The number of ether oxygens (including phenoxy) is 3. The first kappa shape index (κ1) is 33.8. The highest BCUT2D eigenvalue weighted by Gasteiger charge is 2.32. The number of morpholine rings is 1. The van der Waals surface area contributed by atoms with Crippen LogP contribution in [0, 0.1) is 0 Å². The van der Waals surface area contributed by atoms with Crippen molar-refractivity contribution < 1.29 is 28.6 Å². The summed E-state index contributed by atoms with van der Waals surface area (Å²) in [5.74, 6) is 1.38. The van der Waals surface area contributed by atoms with Gasteiger partial charge in [-0.3, -0.25) is 19.4 Å². The van der Waals surface area contributed by atoms with Gasteiger partial charge in [0.25, 0.3) is 11.8 Å². The van der Waals surface area contributed by atoms with Crippen LogP contribution in [-0.4, -0.2) is 91.0 Å². The molecule has 0 radical (unpaired) electrons. The third kappa shape index (κ3) is 7.58. The smallest absolute Gasteiger partial charge is 0.272 e. The predicted molar refractivity (Wildman–Crippen MR) is 195 cm³/mol. The number of amides is 3. The van der Waals surface area contributed by atoms with Crippen LogP contribution in [0.2, 0.25) is 0 Å². The molecule has 3 amide bonds. The summed E-state index contributed by atoms with van der Waals surface area (Å²) in [4.78, 5) is 52.0. The first-order chi connectivity index (χ1) is 24.9. The minimum Gasteiger partial charge on any atom is -0.493 e. The number of fused-ring (bicyclic) bond motifs is 2. The number of aromatic nitrogens is 2. The molecule has 5 heterocycles. The highest BCUT2D eigenvalue weighted by atomic mass is 16.5. The molecule has 0 aliphatic carbocycles. The maximum absolute atomic E-state index is 13.1. The minimum absolute atomic E-state index is 0.0217. The normalized spacial score (nSPS) is 16.7. The third-order valence-corrected chi connectivity index (χ3v) is 9.34. The fourth-order valence-electron chi connectivity index (χ4n) is 6.59. The van der Waals surface area contributed by atoms with Gasteiger partial charge in [0.15, 0.2) is 11.5 Å². The maximum Gasteiger partial charge on any atom is 0.272 e. The molecule has 13 heteroatoms. The van der Waals surface area contributed by atoms with E-state index in [9.17, 15) is 14.4 Å². The van der Waals surface area contributed by atoms with E-state index in [1.807, 2.05) is 66.8 Å². The number of aryl methyl sites for hydroxylation is 1. The van der Waals surface area contributed by atoms with Crippen LogP contribution in [0.25, 0.3) is 11.1 Å². The quantitative estimate of drug-likeness (QED) is 0.202. The second-order valence-corrected chi connectivity index (χ2v) is 12.8. The van der Waals surface area contributed by atoms with Crippen LogP contribution in [0.15, 0.2) is 72.0 Å². The highest BCUT2D eigenvalue weighted by molar-refractivity contribution is 6.04. The first-order valence-electron chi connectivity index (χ1n) is 17.2. The molecule has 2 aromatic heterocycles. The minimum atomic E-state index is -0.234. The Bertz CT molecular complexity index is 1930. The van der Waals surface area contributed by atoms with Gasteiger partial charge in [-0.15, -0.1) is 0 Å². The summed E-state index contributed by atoms with van der Waals surface area (Å²) in [6.45, 7) is 3.96. The molecule has 3 aliphatic heterocycles. The number of benzene rings is 2. The van der Waals surface area contributed by atoms with Gasteiger partial charge in [-0.1, -0.05) is 12.1 Å². The van der Waals surface area contributed by atoms with E-state index < -0.39 is 0 Å². The average Bonchev–Trinajstić information content (AvgIpc) is 3.77. The molecule has 3 aliphatic rings. The molecule has 2 fully saturated rings. The number of rotatable bonds is 11. The number of carbonyl (C=O) groups excluding carboxylic acids is 3. The highest BCUT2D eigenvalue weighted by Crippen LogP contribution is 2.38. The van der Waals surface area contributed by atoms with Gasteiger partial charge in [-0.05, 0) is 61.2 Å². The van der Waals surface area contributed by atoms with E-state index >= 15 is 0 Å².